The molecule has 0 spiro atoms. The lowest BCUT2D eigenvalue weighted by molar-refractivity contribution is -0.115. The molecule has 0 fully saturated rings. The molecule has 6 nitrogen and oxygen atoms in total. The van der Waals surface area contributed by atoms with Gasteiger partial charge in [-0.15, -0.1) is 0 Å². The smallest absolute Gasteiger partial charge is 0.335 e. The molecule has 0 bridgehead atoms. The van der Waals surface area contributed by atoms with Gasteiger partial charge in [0.1, 0.15) is 5.76 Å². The second-order valence-corrected chi connectivity index (χ2v) is 5.38. The van der Waals surface area contributed by atoms with Gasteiger partial charge in [0.25, 0.3) is 0 Å². The summed E-state index contributed by atoms with van der Waals surface area (Å²) in [5.41, 5.74) is 1.91. The largest absolute Gasteiger partial charge is 0.478 e. The molecule has 0 aliphatic carbocycles. The predicted octanol–water partition coefficient (Wildman–Crippen LogP) is 2.93. The molecule has 0 aliphatic heterocycles. The van der Waals surface area contributed by atoms with Crippen molar-refractivity contribution in [1.82, 2.24) is 5.16 Å². The van der Waals surface area contributed by atoms with E-state index in [9.17, 15) is 9.59 Å². The van der Waals surface area contributed by atoms with Crippen molar-refractivity contribution in [1.29, 1.82) is 0 Å². The van der Waals surface area contributed by atoms with Crippen molar-refractivity contribution in [2.45, 2.75) is 20.3 Å². The first kappa shape index (κ1) is 15.2. The van der Waals surface area contributed by atoms with E-state index in [2.05, 4.69) is 26.4 Å². The van der Waals surface area contributed by atoms with Gasteiger partial charge >= 0.3 is 5.97 Å². The fraction of sp³-hybridized carbons (Fsp3) is 0.214. The van der Waals surface area contributed by atoms with E-state index in [1.165, 1.54) is 12.1 Å². The summed E-state index contributed by atoms with van der Waals surface area (Å²) in [5.74, 6) is -0.725. The monoisotopic (exact) mass is 352 g/mol. The van der Waals surface area contributed by atoms with Crippen molar-refractivity contribution in [2.75, 3.05) is 5.32 Å². The van der Waals surface area contributed by atoms with Crippen LogP contribution in [0.3, 0.4) is 0 Å². The molecule has 0 saturated carbocycles. The first-order valence-electron chi connectivity index (χ1n) is 6.13. The fourth-order valence-electron chi connectivity index (χ4n) is 1.86. The Hall–Kier alpha value is -2.15. The summed E-state index contributed by atoms with van der Waals surface area (Å²) < 4.78 is 5.61. The minimum Gasteiger partial charge on any atom is -0.478 e. The molecule has 1 aromatic carbocycles. The molecule has 2 aromatic rings. The summed E-state index contributed by atoms with van der Waals surface area (Å²) in [6.45, 7) is 3.50. The summed E-state index contributed by atoms with van der Waals surface area (Å²) in [6, 6.07) is 4.43. The molecule has 2 rings (SSSR count). The molecule has 0 atom stereocenters. The number of carbonyl (C=O) groups excluding carboxylic acids is 1. The van der Waals surface area contributed by atoms with E-state index >= 15 is 0 Å². The molecular formula is C14H13BrN2O4. The van der Waals surface area contributed by atoms with Crippen LogP contribution in [-0.2, 0) is 11.2 Å². The number of nitrogens with zero attached hydrogens (tertiary/aromatic N) is 1. The van der Waals surface area contributed by atoms with Crippen molar-refractivity contribution in [3.63, 3.8) is 0 Å². The quantitative estimate of drug-likeness (QED) is 0.882. The Morgan fingerprint density at radius 1 is 1.38 bits per heavy atom. The number of amides is 1. The molecule has 0 aliphatic rings. The SMILES string of the molecule is Cc1noc(C)c1CC(=O)Nc1cc(C(=O)O)ccc1Br. The highest BCUT2D eigenvalue weighted by Gasteiger charge is 2.15. The number of rotatable bonds is 4. The van der Waals surface area contributed by atoms with Crippen LogP contribution in [0.15, 0.2) is 27.2 Å². The van der Waals surface area contributed by atoms with Gasteiger partial charge < -0.3 is 14.9 Å². The third kappa shape index (κ3) is 3.49. The maximum Gasteiger partial charge on any atom is 0.335 e. The third-order valence-electron chi connectivity index (χ3n) is 3.01. The highest BCUT2D eigenvalue weighted by molar-refractivity contribution is 9.10. The van der Waals surface area contributed by atoms with Crippen molar-refractivity contribution < 1.29 is 19.2 Å². The summed E-state index contributed by atoms with van der Waals surface area (Å²) in [4.78, 5) is 23.0. The number of aromatic carboxylic acids is 1. The Balaban J connectivity index is 2.16. The standard InChI is InChI=1S/C14H13BrN2O4/c1-7-10(8(2)21-17-7)6-13(18)16-12-5-9(14(19)20)3-4-11(12)15/h3-5H,6H2,1-2H3,(H,16,18)(H,19,20). The zero-order chi connectivity index (χ0) is 15.6. The number of anilines is 1. The molecule has 0 unspecified atom stereocenters. The van der Waals surface area contributed by atoms with Gasteiger partial charge in [0, 0.05) is 10.0 Å². The number of benzene rings is 1. The molecule has 21 heavy (non-hydrogen) atoms. The molecule has 7 heteroatoms. The number of hydrogen-bond acceptors (Lipinski definition) is 4. The van der Waals surface area contributed by atoms with Crippen LogP contribution in [0.4, 0.5) is 5.69 Å². The Kier molecular flexibility index (Phi) is 4.42. The number of carbonyl (C=O) groups is 2. The fourth-order valence-corrected chi connectivity index (χ4v) is 2.21. The lowest BCUT2D eigenvalue weighted by Crippen LogP contribution is -2.16. The number of halogens is 1. The lowest BCUT2D eigenvalue weighted by Gasteiger charge is -2.08. The van der Waals surface area contributed by atoms with E-state index in [1.54, 1.807) is 19.9 Å². The first-order chi connectivity index (χ1) is 9.88. The molecule has 110 valence electrons. The summed E-state index contributed by atoms with van der Waals surface area (Å²) in [5, 5.41) is 15.4. The summed E-state index contributed by atoms with van der Waals surface area (Å²) >= 11 is 3.28. The molecule has 1 amide bonds. The van der Waals surface area contributed by atoms with E-state index in [-0.39, 0.29) is 17.9 Å². The molecule has 2 N–H and O–H groups in total. The van der Waals surface area contributed by atoms with Crippen LogP contribution in [0, 0.1) is 13.8 Å². The van der Waals surface area contributed by atoms with Crippen molar-refractivity contribution in [3.05, 3.63) is 45.3 Å². The predicted molar refractivity (Wildman–Crippen MR) is 79.4 cm³/mol. The van der Waals surface area contributed by atoms with Gasteiger partial charge in [0.15, 0.2) is 0 Å². The Labute approximate surface area is 129 Å². The number of nitrogens with one attached hydrogen (secondary N) is 1. The number of aromatic nitrogens is 1. The molecule has 0 radical (unpaired) electrons. The minimum atomic E-state index is -1.05. The van der Waals surface area contributed by atoms with Crippen LogP contribution in [0.2, 0.25) is 0 Å². The summed E-state index contributed by atoms with van der Waals surface area (Å²) in [7, 11) is 0. The topological polar surface area (TPSA) is 92.4 Å². The molecule has 0 saturated heterocycles. The Morgan fingerprint density at radius 2 is 2.10 bits per heavy atom. The number of carboxylic acids is 1. The highest BCUT2D eigenvalue weighted by Crippen LogP contribution is 2.24. The normalized spacial score (nSPS) is 10.4. The minimum absolute atomic E-state index is 0.103. The maximum atomic E-state index is 12.1. The van der Waals surface area contributed by atoms with Crippen LogP contribution < -0.4 is 5.32 Å². The van der Waals surface area contributed by atoms with E-state index in [0.29, 0.717) is 21.6 Å². The zero-order valence-electron chi connectivity index (χ0n) is 11.4. The second-order valence-electron chi connectivity index (χ2n) is 4.53. The van der Waals surface area contributed by atoms with Crippen LogP contribution in [-0.4, -0.2) is 22.1 Å². The molecule has 1 aromatic heterocycles. The van der Waals surface area contributed by atoms with Crippen molar-refractivity contribution in [2.24, 2.45) is 0 Å². The van der Waals surface area contributed by atoms with E-state index < -0.39 is 5.97 Å². The van der Waals surface area contributed by atoms with Gasteiger partial charge in [-0.2, -0.15) is 0 Å². The van der Waals surface area contributed by atoms with E-state index in [0.717, 1.165) is 5.56 Å². The van der Waals surface area contributed by atoms with Gasteiger partial charge in [0.2, 0.25) is 5.91 Å². The van der Waals surface area contributed by atoms with Crippen LogP contribution in [0.1, 0.15) is 27.4 Å². The van der Waals surface area contributed by atoms with Crippen LogP contribution in [0.5, 0.6) is 0 Å². The first-order valence-corrected chi connectivity index (χ1v) is 6.92. The average molecular weight is 353 g/mol. The Bertz CT molecular complexity index is 689. The molecule has 1 heterocycles. The zero-order valence-corrected chi connectivity index (χ0v) is 13.0. The highest BCUT2D eigenvalue weighted by atomic mass is 79.9. The van der Waals surface area contributed by atoms with Gasteiger partial charge in [-0.1, -0.05) is 5.16 Å². The third-order valence-corrected chi connectivity index (χ3v) is 3.70. The van der Waals surface area contributed by atoms with Gasteiger partial charge in [0.05, 0.1) is 23.4 Å². The van der Waals surface area contributed by atoms with Crippen LogP contribution in [0.25, 0.3) is 0 Å². The van der Waals surface area contributed by atoms with E-state index in [4.69, 9.17) is 9.63 Å². The van der Waals surface area contributed by atoms with Gasteiger partial charge in [-0.25, -0.2) is 4.79 Å². The average Bonchev–Trinajstić information content (AvgIpc) is 2.73. The number of carboxylic acid groups (broad SMARTS) is 1. The van der Waals surface area contributed by atoms with E-state index in [1.807, 2.05) is 0 Å². The number of hydrogen-bond donors (Lipinski definition) is 2. The lowest BCUT2D eigenvalue weighted by atomic mass is 10.1. The van der Waals surface area contributed by atoms with Crippen LogP contribution >= 0.6 is 15.9 Å². The molecular weight excluding hydrogens is 340 g/mol. The maximum absolute atomic E-state index is 12.1. The number of aryl methyl sites for hydroxylation is 2. The van der Waals surface area contributed by atoms with Crippen molar-refractivity contribution in [3.8, 4) is 0 Å². The summed E-state index contributed by atoms with van der Waals surface area (Å²) in [6.07, 6.45) is 0.116. The second kappa shape index (κ2) is 6.09. The Morgan fingerprint density at radius 3 is 2.67 bits per heavy atom. The van der Waals surface area contributed by atoms with Gasteiger partial charge in [-0.3, -0.25) is 4.79 Å². The van der Waals surface area contributed by atoms with Gasteiger partial charge in [-0.05, 0) is 48.0 Å². The van der Waals surface area contributed by atoms with Crippen molar-refractivity contribution >= 4 is 33.5 Å².